The summed E-state index contributed by atoms with van der Waals surface area (Å²) in [4.78, 5) is 29.4. The predicted molar refractivity (Wildman–Crippen MR) is 94.4 cm³/mol. The van der Waals surface area contributed by atoms with Crippen molar-refractivity contribution >= 4 is 17.6 Å². The van der Waals surface area contributed by atoms with Crippen molar-refractivity contribution in [1.29, 1.82) is 0 Å². The number of alkyl halides is 3. The standard InChI is InChI=1S/C18H23F3N4O2/c19-18(20,21)14-4-3-5-15(12-14)23-8-10-25(11-9-23)17(27)22-13-16(26)24-6-1-2-7-24/h3-5,12H,1-2,6-11,13H2,(H,22,27). The van der Waals surface area contributed by atoms with Crippen LogP contribution in [0.3, 0.4) is 0 Å². The number of hydrogen-bond acceptors (Lipinski definition) is 3. The highest BCUT2D eigenvalue weighted by Gasteiger charge is 2.31. The second-order valence-electron chi connectivity index (χ2n) is 6.77. The van der Waals surface area contributed by atoms with E-state index in [1.807, 2.05) is 4.90 Å². The molecule has 1 N–H and O–H groups in total. The van der Waals surface area contributed by atoms with E-state index in [0.29, 0.717) is 31.9 Å². The number of nitrogens with zero attached hydrogens (tertiary/aromatic N) is 3. The molecule has 0 aliphatic carbocycles. The summed E-state index contributed by atoms with van der Waals surface area (Å²) in [5.41, 5.74) is -0.185. The van der Waals surface area contributed by atoms with E-state index < -0.39 is 11.7 Å². The van der Waals surface area contributed by atoms with E-state index in [9.17, 15) is 22.8 Å². The van der Waals surface area contributed by atoms with Crippen molar-refractivity contribution in [2.24, 2.45) is 0 Å². The van der Waals surface area contributed by atoms with Crippen LogP contribution in [0.5, 0.6) is 0 Å². The molecule has 0 bridgehead atoms. The Morgan fingerprint density at radius 1 is 0.963 bits per heavy atom. The summed E-state index contributed by atoms with van der Waals surface area (Å²) in [7, 11) is 0. The number of anilines is 1. The quantitative estimate of drug-likeness (QED) is 0.869. The Labute approximate surface area is 155 Å². The number of carbonyl (C=O) groups is 2. The van der Waals surface area contributed by atoms with Crippen LogP contribution in [0.15, 0.2) is 24.3 Å². The Balaban J connectivity index is 1.48. The van der Waals surface area contributed by atoms with Gasteiger partial charge in [0, 0.05) is 45.0 Å². The highest BCUT2D eigenvalue weighted by atomic mass is 19.4. The van der Waals surface area contributed by atoms with Crippen molar-refractivity contribution in [2.75, 3.05) is 50.7 Å². The number of halogens is 3. The molecule has 2 aliphatic rings. The van der Waals surface area contributed by atoms with Crippen molar-refractivity contribution in [2.45, 2.75) is 19.0 Å². The summed E-state index contributed by atoms with van der Waals surface area (Å²) in [6, 6.07) is 4.89. The Hall–Kier alpha value is -2.45. The predicted octanol–water partition coefficient (Wildman–Crippen LogP) is 2.16. The molecular formula is C18H23F3N4O2. The number of amides is 3. The first-order chi connectivity index (χ1) is 12.8. The molecule has 1 aromatic carbocycles. The number of urea groups is 1. The molecular weight excluding hydrogens is 361 g/mol. The summed E-state index contributed by atoms with van der Waals surface area (Å²) in [6.45, 7) is 3.12. The van der Waals surface area contributed by atoms with Crippen LogP contribution >= 0.6 is 0 Å². The third kappa shape index (κ3) is 4.84. The van der Waals surface area contributed by atoms with Crippen LogP contribution in [0, 0.1) is 0 Å². The van der Waals surface area contributed by atoms with Gasteiger partial charge in [0.25, 0.3) is 0 Å². The summed E-state index contributed by atoms with van der Waals surface area (Å²) in [6.07, 6.45) is -2.38. The van der Waals surface area contributed by atoms with Crippen LogP contribution in [-0.2, 0) is 11.0 Å². The molecule has 2 saturated heterocycles. The van der Waals surface area contributed by atoms with Crippen molar-refractivity contribution in [3.63, 3.8) is 0 Å². The average Bonchev–Trinajstić information content (AvgIpc) is 3.20. The SMILES string of the molecule is O=C(CNC(=O)N1CCN(c2cccc(C(F)(F)F)c2)CC1)N1CCCC1. The minimum Gasteiger partial charge on any atom is -0.368 e. The maximum Gasteiger partial charge on any atom is 0.416 e. The summed E-state index contributed by atoms with van der Waals surface area (Å²) >= 11 is 0. The van der Waals surface area contributed by atoms with E-state index in [1.165, 1.54) is 6.07 Å². The van der Waals surface area contributed by atoms with Gasteiger partial charge in [-0.3, -0.25) is 4.79 Å². The van der Waals surface area contributed by atoms with Gasteiger partial charge in [-0.05, 0) is 31.0 Å². The van der Waals surface area contributed by atoms with Gasteiger partial charge in [0.2, 0.25) is 5.91 Å². The van der Waals surface area contributed by atoms with Crippen molar-refractivity contribution < 1.29 is 22.8 Å². The monoisotopic (exact) mass is 384 g/mol. The summed E-state index contributed by atoms with van der Waals surface area (Å²) in [5, 5.41) is 2.64. The zero-order chi connectivity index (χ0) is 19.4. The number of hydrogen-bond donors (Lipinski definition) is 1. The van der Waals surface area contributed by atoms with Gasteiger partial charge in [0.1, 0.15) is 0 Å². The second kappa shape index (κ2) is 8.06. The minimum atomic E-state index is -4.38. The highest BCUT2D eigenvalue weighted by Crippen LogP contribution is 2.31. The fourth-order valence-corrected chi connectivity index (χ4v) is 3.39. The van der Waals surface area contributed by atoms with Crippen molar-refractivity contribution in [1.82, 2.24) is 15.1 Å². The molecule has 6 nitrogen and oxygen atoms in total. The Bertz CT molecular complexity index is 681. The molecule has 148 valence electrons. The van der Waals surface area contributed by atoms with Gasteiger partial charge in [0.15, 0.2) is 0 Å². The molecule has 0 radical (unpaired) electrons. The molecule has 3 amide bonds. The van der Waals surface area contributed by atoms with E-state index in [1.54, 1.807) is 15.9 Å². The number of carbonyl (C=O) groups excluding carboxylic acids is 2. The van der Waals surface area contributed by atoms with Gasteiger partial charge in [-0.1, -0.05) is 6.07 Å². The molecule has 2 heterocycles. The molecule has 0 aromatic heterocycles. The molecule has 0 saturated carbocycles. The Morgan fingerprint density at radius 2 is 1.63 bits per heavy atom. The third-order valence-corrected chi connectivity index (χ3v) is 4.96. The van der Waals surface area contributed by atoms with E-state index >= 15 is 0 Å². The van der Waals surface area contributed by atoms with Gasteiger partial charge in [-0.15, -0.1) is 0 Å². The number of rotatable bonds is 3. The topological polar surface area (TPSA) is 55.9 Å². The number of likely N-dealkylation sites (tertiary alicyclic amines) is 1. The van der Waals surface area contributed by atoms with E-state index in [4.69, 9.17) is 0 Å². The molecule has 0 unspecified atom stereocenters. The number of nitrogens with one attached hydrogen (secondary N) is 1. The molecule has 0 atom stereocenters. The molecule has 0 spiro atoms. The van der Waals surface area contributed by atoms with Crippen LogP contribution < -0.4 is 10.2 Å². The number of benzene rings is 1. The van der Waals surface area contributed by atoms with Crippen LogP contribution in [0.2, 0.25) is 0 Å². The van der Waals surface area contributed by atoms with Gasteiger partial charge in [0.05, 0.1) is 12.1 Å². The summed E-state index contributed by atoms with van der Waals surface area (Å²) < 4.78 is 38.6. The Kier molecular flexibility index (Phi) is 5.76. The molecule has 3 rings (SSSR count). The Morgan fingerprint density at radius 3 is 2.26 bits per heavy atom. The molecule has 2 fully saturated rings. The van der Waals surface area contributed by atoms with E-state index in [-0.39, 0.29) is 18.5 Å². The molecule has 2 aliphatic heterocycles. The number of piperazine rings is 1. The lowest BCUT2D eigenvalue weighted by Gasteiger charge is -2.36. The largest absolute Gasteiger partial charge is 0.416 e. The molecule has 9 heteroatoms. The smallest absolute Gasteiger partial charge is 0.368 e. The van der Waals surface area contributed by atoms with Crippen LogP contribution in [0.4, 0.5) is 23.7 Å². The average molecular weight is 384 g/mol. The summed E-state index contributed by atoms with van der Waals surface area (Å²) in [5.74, 6) is -0.0801. The van der Waals surface area contributed by atoms with Crippen molar-refractivity contribution in [3.8, 4) is 0 Å². The van der Waals surface area contributed by atoms with Crippen LogP contribution in [-0.4, -0.2) is 67.6 Å². The maximum absolute atomic E-state index is 12.9. The van der Waals surface area contributed by atoms with Gasteiger partial charge < -0.3 is 20.0 Å². The van der Waals surface area contributed by atoms with E-state index in [2.05, 4.69) is 5.32 Å². The molecule has 1 aromatic rings. The first-order valence-corrected chi connectivity index (χ1v) is 9.07. The molecule has 27 heavy (non-hydrogen) atoms. The van der Waals surface area contributed by atoms with Crippen molar-refractivity contribution in [3.05, 3.63) is 29.8 Å². The normalized spacial score (nSPS) is 18.0. The maximum atomic E-state index is 12.9. The third-order valence-electron chi connectivity index (χ3n) is 4.96. The first kappa shape index (κ1) is 19.3. The lowest BCUT2D eigenvalue weighted by molar-refractivity contribution is -0.137. The van der Waals surface area contributed by atoms with Gasteiger partial charge in [-0.2, -0.15) is 13.2 Å². The lowest BCUT2D eigenvalue weighted by Crippen LogP contribution is -2.53. The fourth-order valence-electron chi connectivity index (χ4n) is 3.39. The lowest BCUT2D eigenvalue weighted by atomic mass is 10.1. The second-order valence-corrected chi connectivity index (χ2v) is 6.77. The fraction of sp³-hybridized carbons (Fsp3) is 0.556. The highest BCUT2D eigenvalue weighted by molar-refractivity contribution is 5.84. The van der Waals surface area contributed by atoms with Gasteiger partial charge >= 0.3 is 12.2 Å². The van der Waals surface area contributed by atoms with Crippen LogP contribution in [0.1, 0.15) is 18.4 Å². The zero-order valence-electron chi connectivity index (χ0n) is 15.0. The van der Waals surface area contributed by atoms with E-state index in [0.717, 1.165) is 38.1 Å². The minimum absolute atomic E-state index is 0.0212. The van der Waals surface area contributed by atoms with Gasteiger partial charge in [-0.25, -0.2) is 4.79 Å². The van der Waals surface area contributed by atoms with Crippen LogP contribution in [0.25, 0.3) is 0 Å². The zero-order valence-corrected chi connectivity index (χ0v) is 15.0. The first-order valence-electron chi connectivity index (χ1n) is 9.07.